The molecule has 0 fully saturated rings. The lowest BCUT2D eigenvalue weighted by Crippen LogP contribution is -2.38. The molecule has 156 valence electrons. The molecule has 0 saturated carbocycles. The molecule has 0 unspecified atom stereocenters. The number of carbonyl (C=O) groups is 1. The smallest absolute Gasteiger partial charge is 0.257 e. The van der Waals surface area contributed by atoms with E-state index in [1.165, 1.54) is 0 Å². The Kier molecular flexibility index (Phi) is 9.02. The summed E-state index contributed by atoms with van der Waals surface area (Å²) in [7, 11) is 3.09. The monoisotopic (exact) mass is 436 g/mol. The number of unbranched alkanes of at least 4 members (excludes halogenated alkanes) is 1. The van der Waals surface area contributed by atoms with E-state index in [1.807, 2.05) is 0 Å². The van der Waals surface area contributed by atoms with Crippen molar-refractivity contribution in [1.29, 1.82) is 0 Å². The minimum atomic E-state index is -0.305. The van der Waals surface area contributed by atoms with Crippen LogP contribution in [0.1, 0.15) is 35.7 Å². The Morgan fingerprint density at radius 1 is 1.10 bits per heavy atom. The van der Waals surface area contributed by atoms with E-state index >= 15 is 0 Å². The van der Waals surface area contributed by atoms with Crippen molar-refractivity contribution in [1.82, 2.24) is 10.6 Å². The van der Waals surface area contributed by atoms with E-state index in [-0.39, 0.29) is 11.0 Å². The zero-order valence-corrected chi connectivity index (χ0v) is 18.3. The van der Waals surface area contributed by atoms with Gasteiger partial charge in [0, 0.05) is 23.2 Å². The van der Waals surface area contributed by atoms with E-state index < -0.39 is 0 Å². The van der Waals surface area contributed by atoms with Gasteiger partial charge >= 0.3 is 0 Å². The van der Waals surface area contributed by atoms with E-state index in [2.05, 4.69) is 17.6 Å². The van der Waals surface area contributed by atoms with Crippen molar-refractivity contribution in [3.63, 3.8) is 0 Å². The lowest BCUT2D eigenvalue weighted by atomic mass is 10.2. The molecule has 0 bridgehead atoms. The Labute approximate surface area is 181 Å². The molecule has 8 heteroatoms. The number of benzene rings is 2. The molecular weight excluding hydrogens is 412 g/mol. The zero-order valence-electron chi connectivity index (χ0n) is 16.7. The van der Waals surface area contributed by atoms with Crippen molar-refractivity contribution in [2.45, 2.75) is 26.3 Å². The maximum atomic E-state index is 12.3. The Morgan fingerprint density at radius 2 is 1.76 bits per heavy atom. The largest absolute Gasteiger partial charge is 0.494 e. The molecule has 2 N–H and O–H groups in total. The minimum Gasteiger partial charge on any atom is -0.494 e. The second-order valence-corrected chi connectivity index (χ2v) is 6.98. The summed E-state index contributed by atoms with van der Waals surface area (Å²) in [4.78, 5) is 12.3. The van der Waals surface area contributed by atoms with Crippen LogP contribution in [0, 0.1) is 0 Å². The van der Waals surface area contributed by atoms with E-state index in [9.17, 15) is 4.79 Å². The van der Waals surface area contributed by atoms with Crippen molar-refractivity contribution in [2.75, 3.05) is 20.8 Å². The lowest BCUT2D eigenvalue weighted by Gasteiger charge is -2.14. The fourth-order valence-corrected chi connectivity index (χ4v) is 2.85. The normalized spacial score (nSPS) is 10.2. The molecule has 0 aliphatic rings. The second kappa shape index (κ2) is 11.5. The van der Waals surface area contributed by atoms with Crippen LogP contribution in [0.2, 0.25) is 5.02 Å². The van der Waals surface area contributed by atoms with Gasteiger partial charge < -0.3 is 19.5 Å². The molecule has 0 saturated heterocycles. The van der Waals surface area contributed by atoms with Crippen LogP contribution in [-0.2, 0) is 6.54 Å². The molecule has 0 aromatic heterocycles. The van der Waals surface area contributed by atoms with Gasteiger partial charge in [-0.25, -0.2) is 0 Å². The van der Waals surface area contributed by atoms with E-state index in [0.29, 0.717) is 35.2 Å². The van der Waals surface area contributed by atoms with Crippen molar-refractivity contribution >= 4 is 34.8 Å². The number of thiocarbonyl (C=S) groups is 1. The molecule has 0 aliphatic carbocycles. The molecule has 2 rings (SSSR count). The Balaban J connectivity index is 1.90. The SMILES string of the molecule is CCCCOc1ccc(C(=O)NC(=S)NCc2cc(OC)c(OC)cc2Cl)cc1. The first-order valence-electron chi connectivity index (χ1n) is 9.21. The summed E-state index contributed by atoms with van der Waals surface area (Å²) >= 11 is 11.5. The molecule has 2 aromatic carbocycles. The van der Waals surface area contributed by atoms with Gasteiger partial charge in [0.15, 0.2) is 16.6 Å². The maximum Gasteiger partial charge on any atom is 0.257 e. The molecular formula is C21H25ClN2O4S. The molecule has 0 radical (unpaired) electrons. The number of methoxy groups -OCH3 is 2. The molecule has 0 heterocycles. The first-order valence-corrected chi connectivity index (χ1v) is 9.99. The Bertz CT molecular complexity index is 843. The summed E-state index contributed by atoms with van der Waals surface area (Å²) in [6.07, 6.45) is 2.06. The minimum absolute atomic E-state index is 0.198. The average molecular weight is 437 g/mol. The van der Waals surface area contributed by atoms with Gasteiger partial charge in [-0.3, -0.25) is 10.1 Å². The summed E-state index contributed by atoms with van der Waals surface area (Å²) in [5.41, 5.74) is 1.25. The summed E-state index contributed by atoms with van der Waals surface area (Å²) in [6.45, 7) is 3.09. The fraction of sp³-hybridized carbons (Fsp3) is 0.333. The van der Waals surface area contributed by atoms with Crippen molar-refractivity contribution < 1.29 is 19.0 Å². The highest BCUT2D eigenvalue weighted by Crippen LogP contribution is 2.32. The lowest BCUT2D eigenvalue weighted by molar-refractivity contribution is 0.0976. The third-order valence-corrected chi connectivity index (χ3v) is 4.70. The maximum absolute atomic E-state index is 12.3. The summed E-state index contributed by atoms with van der Waals surface area (Å²) in [5, 5.41) is 6.32. The van der Waals surface area contributed by atoms with Gasteiger partial charge in [-0.15, -0.1) is 0 Å². The number of carbonyl (C=O) groups excluding carboxylic acids is 1. The second-order valence-electron chi connectivity index (χ2n) is 6.16. The van der Waals surface area contributed by atoms with Gasteiger partial charge in [-0.2, -0.15) is 0 Å². The van der Waals surface area contributed by atoms with Crippen LogP contribution in [0.25, 0.3) is 0 Å². The Hall–Kier alpha value is -2.51. The van der Waals surface area contributed by atoms with E-state index in [0.717, 1.165) is 24.2 Å². The first kappa shape index (κ1) is 22.8. The molecule has 0 aliphatic heterocycles. The van der Waals surface area contributed by atoms with Crippen LogP contribution >= 0.6 is 23.8 Å². The number of nitrogens with one attached hydrogen (secondary N) is 2. The quantitative estimate of drug-likeness (QED) is 0.450. The van der Waals surface area contributed by atoms with Gasteiger partial charge in [0.2, 0.25) is 0 Å². The Morgan fingerprint density at radius 3 is 2.38 bits per heavy atom. The van der Waals surface area contributed by atoms with Crippen LogP contribution in [0.15, 0.2) is 36.4 Å². The molecule has 29 heavy (non-hydrogen) atoms. The van der Waals surface area contributed by atoms with Gasteiger partial charge in [-0.1, -0.05) is 24.9 Å². The summed E-state index contributed by atoms with van der Waals surface area (Å²) in [5.74, 6) is 1.53. The van der Waals surface area contributed by atoms with E-state index in [4.69, 9.17) is 38.0 Å². The highest BCUT2D eigenvalue weighted by atomic mass is 35.5. The summed E-state index contributed by atoms with van der Waals surface area (Å²) < 4.78 is 16.1. The number of amides is 1. The third kappa shape index (κ3) is 6.80. The molecule has 1 amide bonds. The van der Waals surface area contributed by atoms with Gasteiger partial charge in [0.05, 0.1) is 20.8 Å². The first-order chi connectivity index (χ1) is 14.0. The van der Waals surface area contributed by atoms with Gasteiger partial charge in [0.25, 0.3) is 5.91 Å². The topological polar surface area (TPSA) is 68.8 Å². The average Bonchev–Trinajstić information content (AvgIpc) is 2.73. The number of hydrogen-bond donors (Lipinski definition) is 2. The van der Waals surface area contributed by atoms with Crippen LogP contribution in [0.5, 0.6) is 17.2 Å². The highest BCUT2D eigenvalue weighted by Gasteiger charge is 2.12. The van der Waals surface area contributed by atoms with Crippen LogP contribution in [-0.4, -0.2) is 31.8 Å². The molecule has 6 nitrogen and oxygen atoms in total. The van der Waals surface area contributed by atoms with Crippen LogP contribution in [0.3, 0.4) is 0 Å². The standard InChI is InChI=1S/C21H25ClN2O4S/c1-4-5-10-28-16-8-6-14(7-9-16)20(25)24-21(29)23-13-15-11-18(26-2)19(27-3)12-17(15)22/h6-9,11-12H,4-5,10,13H2,1-3H3,(H2,23,24,25,29). The van der Waals surface area contributed by atoms with E-state index in [1.54, 1.807) is 50.6 Å². The van der Waals surface area contributed by atoms with Crippen LogP contribution < -0.4 is 24.8 Å². The number of hydrogen-bond acceptors (Lipinski definition) is 5. The van der Waals surface area contributed by atoms with Gasteiger partial charge in [0.1, 0.15) is 5.75 Å². The van der Waals surface area contributed by atoms with Crippen LogP contribution in [0.4, 0.5) is 0 Å². The number of ether oxygens (including phenoxy) is 3. The zero-order chi connectivity index (χ0) is 21.2. The third-order valence-electron chi connectivity index (χ3n) is 4.10. The van der Waals surface area contributed by atoms with Crippen molar-refractivity contribution in [3.05, 3.63) is 52.5 Å². The fourth-order valence-electron chi connectivity index (χ4n) is 2.46. The predicted octanol–water partition coefficient (Wildman–Crippen LogP) is 4.34. The van der Waals surface area contributed by atoms with Crippen molar-refractivity contribution in [3.8, 4) is 17.2 Å². The molecule has 2 aromatic rings. The number of rotatable bonds is 9. The predicted molar refractivity (Wildman–Crippen MR) is 118 cm³/mol. The summed E-state index contributed by atoms with van der Waals surface area (Å²) in [6, 6.07) is 10.4. The van der Waals surface area contributed by atoms with Crippen molar-refractivity contribution in [2.24, 2.45) is 0 Å². The highest BCUT2D eigenvalue weighted by molar-refractivity contribution is 7.80. The van der Waals surface area contributed by atoms with Gasteiger partial charge in [-0.05, 0) is 54.5 Å². The number of halogens is 1. The molecule has 0 atom stereocenters. The molecule has 0 spiro atoms.